The molecule has 0 amide bonds. The number of rotatable bonds is 3. The Labute approximate surface area is 133 Å². The first-order chi connectivity index (χ1) is 8.75. The molecule has 0 unspecified atom stereocenters. The van der Waals surface area contributed by atoms with E-state index in [1.807, 2.05) is 24.3 Å². The first-order valence-corrected chi connectivity index (χ1v) is 12.8. The topological polar surface area (TPSA) is 9.23 Å². The van der Waals surface area contributed by atoms with Gasteiger partial charge in [-0.3, -0.25) is 0 Å². The second-order valence-electron chi connectivity index (χ2n) is 3.28. The summed E-state index contributed by atoms with van der Waals surface area (Å²) in [5.74, 6) is 0.786. The number of hydrogen-bond donors (Lipinski definition) is 0. The summed E-state index contributed by atoms with van der Waals surface area (Å²) < 4.78 is 5.55. The molecule has 2 aromatic rings. The van der Waals surface area contributed by atoms with E-state index in [0.29, 0.717) is 16.7 Å². The van der Waals surface area contributed by atoms with E-state index >= 15 is 0 Å². The van der Waals surface area contributed by atoms with Crippen molar-refractivity contribution in [2.75, 3.05) is 0 Å². The minimum atomic E-state index is 0.467. The van der Waals surface area contributed by atoms with Gasteiger partial charge in [0.05, 0.1) is 16.7 Å². The second kappa shape index (κ2) is 8.93. The Morgan fingerprint density at radius 1 is 1.17 bits per heavy atom. The third-order valence-electron chi connectivity index (χ3n) is 2.07. The quantitative estimate of drug-likeness (QED) is 0.510. The van der Waals surface area contributed by atoms with Gasteiger partial charge in [0.25, 0.3) is 0 Å². The molecule has 2 rings (SSSR count). The fourth-order valence-corrected chi connectivity index (χ4v) is 1.58. The van der Waals surface area contributed by atoms with Gasteiger partial charge in [0.2, 0.25) is 0 Å². The number of benzene rings is 2. The van der Waals surface area contributed by atoms with Gasteiger partial charge in [-0.15, -0.1) is 12.1 Å². The summed E-state index contributed by atoms with van der Waals surface area (Å²) in [6, 6.07) is 15.8. The Morgan fingerprint density at radius 2 is 1.94 bits per heavy atom. The predicted molar refractivity (Wildman–Crippen MR) is 75.0 cm³/mol. The van der Waals surface area contributed by atoms with Gasteiger partial charge >= 0.3 is 30.0 Å². The molecule has 0 N–H and O–H groups in total. The van der Waals surface area contributed by atoms with Crippen molar-refractivity contribution >= 4 is 36.8 Å². The van der Waals surface area contributed by atoms with Crippen molar-refractivity contribution in [3.8, 4) is 5.75 Å². The van der Waals surface area contributed by atoms with Crippen LogP contribution in [0.25, 0.3) is 0 Å². The van der Waals surface area contributed by atoms with Crippen LogP contribution in [0.4, 0.5) is 0 Å². The van der Waals surface area contributed by atoms with Gasteiger partial charge in [0.1, 0.15) is 0 Å². The summed E-state index contributed by atoms with van der Waals surface area (Å²) in [6.07, 6.45) is 0. The summed E-state index contributed by atoms with van der Waals surface area (Å²) >= 11 is 16.0. The van der Waals surface area contributed by atoms with E-state index in [1.165, 1.54) is 16.3 Å². The molecule has 0 atom stereocenters. The summed E-state index contributed by atoms with van der Waals surface area (Å²) in [7, 11) is 0. The van der Waals surface area contributed by atoms with E-state index in [2.05, 4.69) is 19.7 Å². The molecule has 0 fully saturated rings. The van der Waals surface area contributed by atoms with Crippen LogP contribution in [0.5, 0.6) is 5.75 Å². The van der Waals surface area contributed by atoms with Crippen LogP contribution in [0, 0.1) is 6.07 Å². The zero-order chi connectivity index (χ0) is 13.4. The standard InChI is InChI=1S/C13H9Cl2O.BrH.Zn/c14-12-7-6-10(8-13(12)15)9-16-11-4-2-1-3-5-11;;/h1-2,4-8H,9H2;1H;/q-1;;+2/p-1. The summed E-state index contributed by atoms with van der Waals surface area (Å²) in [5.41, 5.74) is 0.984. The molecule has 0 bridgehead atoms. The third-order valence-corrected chi connectivity index (χ3v) is 2.81. The molecule has 0 spiro atoms. The molecule has 0 saturated carbocycles. The van der Waals surface area contributed by atoms with Crippen molar-refractivity contribution in [1.82, 2.24) is 0 Å². The average Bonchev–Trinajstić information content (AvgIpc) is 2.44. The van der Waals surface area contributed by atoms with Gasteiger partial charge in [-0.2, -0.15) is 18.2 Å². The Morgan fingerprint density at radius 3 is 2.56 bits per heavy atom. The van der Waals surface area contributed by atoms with Crippen LogP contribution in [-0.2, 0) is 22.9 Å². The van der Waals surface area contributed by atoms with Crippen molar-refractivity contribution in [3.63, 3.8) is 0 Å². The number of ether oxygens (including phenoxy) is 1. The Balaban J connectivity index is 0.000000771. The predicted octanol–water partition coefficient (Wildman–Crippen LogP) is 5.22. The van der Waals surface area contributed by atoms with E-state index in [0.717, 1.165) is 11.3 Å². The molecule has 0 radical (unpaired) electrons. The van der Waals surface area contributed by atoms with Crippen LogP contribution in [0.2, 0.25) is 10.0 Å². The Bertz CT molecular complexity index is 480. The van der Waals surface area contributed by atoms with Crippen LogP contribution < -0.4 is 4.74 Å². The average molecular weight is 397 g/mol. The van der Waals surface area contributed by atoms with Crippen LogP contribution in [0.3, 0.4) is 0 Å². The second-order valence-corrected chi connectivity index (χ2v) is 4.09. The molecule has 0 aromatic heterocycles. The SMILES string of the molecule is Clc1ccc(COc2c[c-]ccc2)cc1Cl.[Zn+][Br]. The van der Waals surface area contributed by atoms with Crippen LogP contribution in [-0.4, -0.2) is 0 Å². The number of halogens is 3. The molecule has 0 saturated heterocycles. The van der Waals surface area contributed by atoms with Crippen LogP contribution in [0.1, 0.15) is 5.56 Å². The van der Waals surface area contributed by atoms with Crippen molar-refractivity contribution < 1.29 is 21.1 Å². The fraction of sp³-hybridized carbons (Fsp3) is 0.0769. The maximum atomic E-state index is 5.90. The normalized spacial score (nSPS) is 9.39. The minimum absolute atomic E-state index is 0.467. The molecular formula is C13H9BrCl2OZn. The first kappa shape index (κ1) is 16.0. The molecule has 5 heteroatoms. The van der Waals surface area contributed by atoms with Crippen LogP contribution in [0.15, 0.2) is 42.5 Å². The summed E-state index contributed by atoms with van der Waals surface area (Å²) in [5, 5.41) is 1.10. The Kier molecular flexibility index (Phi) is 7.93. The van der Waals surface area contributed by atoms with E-state index in [1.54, 1.807) is 18.2 Å². The van der Waals surface area contributed by atoms with Crippen molar-refractivity contribution in [1.29, 1.82) is 0 Å². The van der Waals surface area contributed by atoms with E-state index < -0.39 is 0 Å². The molecule has 0 aliphatic rings. The molecular weight excluding hydrogens is 388 g/mol. The van der Waals surface area contributed by atoms with E-state index in [9.17, 15) is 0 Å². The maximum absolute atomic E-state index is 5.90. The van der Waals surface area contributed by atoms with Crippen molar-refractivity contribution in [2.24, 2.45) is 0 Å². The van der Waals surface area contributed by atoms with Gasteiger partial charge in [0, 0.05) is 5.75 Å². The Hall–Kier alpha value is -0.0766. The van der Waals surface area contributed by atoms with Gasteiger partial charge in [0.15, 0.2) is 0 Å². The molecule has 0 aliphatic carbocycles. The van der Waals surface area contributed by atoms with Gasteiger partial charge in [-0.05, 0) is 17.7 Å². The molecule has 0 heterocycles. The molecule has 2 aromatic carbocycles. The zero-order valence-corrected chi connectivity index (χ0v) is 15.6. The van der Waals surface area contributed by atoms with Crippen molar-refractivity contribution in [2.45, 2.75) is 6.61 Å². The fourth-order valence-electron chi connectivity index (χ4n) is 1.26. The van der Waals surface area contributed by atoms with Gasteiger partial charge in [-0.1, -0.05) is 29.3 Å². The number of hydrogen-bond acceptors (Lipinski definition) is 1. The van der Waals surface area contributed by atoms with Gasteiger partial charge < -0.3 is 4.74 Å². The summed E-state index contributed by atoms with van der Waals surface area (Å²) in [6.45, 7) is 0.467. The zero-order valence-electron chi connectivity index (χ0n) is 9.50. The molecule has 1 nitrogen and oxygen atoms in total. The van der Waals surface area contributed by atoms with E-state index in [4.69, 9.17) is 27.9 Å². The molecule has 18 heavy (non-hydrogen) atoms. The molecule has 90 valence electrons. The van der Waals surface area contributed by atoms with E-state index in [-0.39, 0.29) is 0 Å². The van der Waals surface area contributed by atoms with Crippen molar-refractivity contribution in [3.05, 3.63) is 64.1 Å². The van der Waals surface area contributed by atoms with Crippen LogP contribution >= 0.6 is 36.8 Å². The monoisotopic (exact) mass is 394 g/mol. The third kappa shape index (κ3) is 5.28. The first-order valence-electron chi connectivity index (χ1n) is 5.05. The summed E-state index contributed by atoms with van der Waals surface area (Å²) in [4.78, 5) is 0. The molecule has 0 aliphatic heterocycles. The van der Waals surface area contributed by atoms with Gasteiger partial charge in [-0.25, -0.2) is 0 Å².